The molecule has 2 aromatic rings. The molecule has 3 heteroatoms. The standard InChI is InChI=1S/C19H25NO2/c1-3-4-5-16-6-8-17(9-7-16)20-14-15-22-19-12-10-18(21-2)11-13-19/h6-13,20H,3-5,14-15H2,1-2H3. The Balaban J connectivity index is 1.69. The maximum absolute atomic E-state index is 5.69. The van der Waals surface area contributed by atoms with Gasteiger partial charge in [0, 0.05) is 12.2 Å². The molecule has 0 bridgehead atoms. The van der Waals surface area contributed by atoms with Crippen LogP contribution in [0.25, 0.3) is 0 Å². The Labute approximate surface area is 133 Å². The molecule has 2 rings (SSSR count). The summed E-state index contributed by atoms with van der Waals surface area (Å²) in [6.45, 7) is 3.63. The molecule has 0 aliphatic rings. The van der Waals surface area contributed by atoms with Gasteiger partial charge in [-0.1, -0.05) is 25.5 Å². The fourth-order valence-corrected chi connectivity index (χ4v) is 2.21. The number of hydrogen-bond donors (Lipinski definition) is 1. The summed E-state index contributed by atoms with van der Waals surface area (Å²) in [5, 5.41) is 3.37. The normalized spacial score (nSPS) is 10.3. The van der Waals surface area contributed by atoms with Crippen molar-refractivity contribution in [1.82, 2.24) is 0 Å². The van der Waals surface area contributed by atoms with Crippen LogP contribution in [0.1, 0.15) is 25.3 Å². The Hall–Kier alpha value is -2.16. The van der Waals surface area contributed by atoms with Gasteiger partial charge in [0.1, 0.15) is 18.1 Å². The number of nitrogens with one attached hydrogen (secondary N) is 1. The van der Waals surface area contributed by atoms with Gasteiger partial charge in [-0.05, 0) is 54.8 Å². The van der Waals surface area contributed by atoms with Crippen molar-refractivity contribution < 1.29 is 9.47 Å². The number of anilines is 1. The second-order valence-electron chi connectivity index (χ2n) is 5.25. The lowest BCUT2D eigenvalue weighted by molar-refractivity contribution is 0.332. The van der Waals surface area contributed by atoms with Crippen molar-refractivity contribution in [3.8, 4) is 11.5 Å². The zero-order chi connectivity index (χ0) is 15.6. The fourth-order valence-electron chi connectivity index (χ4n) is 2.21. The third-order valence-corrected chi connectivity index (χ3v) is 3.53. The summed E-state index contributed by atoms with van der Waals surface area (Å²) < 4.78 is 10.8. The lowest BCUT2D eigenvalue weighted by atomic mass is 10.1. The van der Waals surface area contributed by atoms with E-state index in [1.165, 1.54) is 18.4 Å². The fraction of sp³-hybridized carbons (Fsp3) is 0.368. The second kappa shape index (κ2) is 8.98. The van der Waals surface area contributed by atoms with E-state index in [9.17, 15) is 0 Å². The molecule has 22 heavy (non-hydrogen) atoms. The molecule has 0 aliphatic heterocycles. The number of benzene rings is 2. The van der Waals surface area contributed by atoms with E-state index < -0.39 is 0 Å². The van der Waals surface area contributed by atoms with Crippen LogP contribution < -0.4 is 14.8 Å². The van der Waals surface area contributed by atoms with Crippen molar-refractivity contribution in [1.29, 1.82) is 0 Å². The smallest absolute Gasteiger partial charge is 0.119 e. The maximum atomic E-state index is 5.69. The highest BCUT2D eigenvalue weighted by Gasteiger charge is 1.97. The highest BCUT2D eigenvalue weighted by Crippen LogP contribution is 2.17. The van der Waals surface area contributed by atoms with Gasteiger partial charge in [-0.3, -0.25) is 0 Å². The zero-order valence-electron chi connectivity index (χ0n) is 13.5. The van der Waals surface area contributed by atoms with Gasteiger partial charge in [-0.25, -0.2) is 0 Å². The Bertz CT molecular complexity index is 534. The van der Waals surface area contributed by atoms with E-state index in [1.54, 1.807) is 7.11 Å². The van der Waals surface area contributed by atoms with Crippen LogP contribution in [-0.2, 0) is 6.42 Å². The van der Waals surface area contributed by atoms with Gasteiger partial charge in [0.05, 0.1) is 7.11 Å². The number of ether oxygens (including phenoxy) is 2. The molecule has 0 aromatic heterocycles. The van der Waals surface area contributed by atoms with Crippen LogP contribution in [0.4, 0.5) is 5.69 Å². The SMILES string of the molecule is CCCCc1ccc(NCCOc2ccc(OC)cc2)cc1. The molecular formula is C19H25NO2. The number of hydrogen-bond acceptors (Lipinski definition) is 3. The van der Waals surface area contributed by atoms with Crippen molar-refractivity contribution in [3.05, 3.63) is 54.1 Å². The van der Waals surface area contributed by atoms with Gasteiger partial charge in [0.25, 0.3) is 0 Å². The van der Waals surface area contributed by atoms with Gasteiger partial charge in [-0.2, -0.15) is 0 Å². The molecule has 0 fully saturated rings. The average molecular weight is 299 g/mol. The Kier molecular flexibility index (Phi) is 6.62. The zero-order valence-corrected chi connectivity index (χ0v) is 13.5. The lowest BCUT2D eigenvalue weighted by Crippen LogP contribution is -2.11. The molecule has 0 aliphatic carbocycles. The minimum atomic E-state index is 0.629. The third-order valence-electron chi connectivity index (χ3n) is 3.53. The molecular weight excluding hydrogens is 274 g/mol. The minimum Gasteiger partial charge on any atom is -0.497 e. The van der Waals surface area contributed by atoms with E-state index >= 15 is 0 Å². The Morgan fingerprint density at radius 1 is 0.909 bits per heavy atom. The molecule has 0 amide bonds. The maximum Gasteiger partial charge on any atom is 0.119 e. The molecule has 0 heterocycles. The molecule has 0 saturated carbocycles. The third kappa shape index (κ3) is 5.32. The van der Waals surface area contributed by atoms with Crippen LogP contribution in [0.2, 0.25) is 0 Å². The Morgan fingerprint density at radius 3 is 2.23 bits per heavy atom. The van der Waals surface area contributed by atoms with E-state index in [0.29, 0.717) is 6.61 Å². The summed E-state index contributed by atoms with van der Waals surface area (Å²) in [6, 6.07) is 16.3. The first-order valence-corrected chi connectivity index (χ1v) is 7.91. The first-order valence-electron chi connectivity index (χ1n) is 7.91. The minimum absolute atomic E-state index is 0.629. The van der Waals surface area contributed by atoms with E-state index in [-0.39, 0.29) is 0 Å². The first kappa shape index (κ1) is 16.2. The molecule has 0 unspecified atom stereocenters. The lowest BCUT2D eigenvalue weighted by Gasteiger charge is -2.09. The molecule has 3 nitrogen and oxygen atoms in total. The summed E-state index contributed by atoms with van der Waals surface area (Å²) >= 11 is 0. The summed E-state index contributed by atoms with van der Waals surface area (Å²) in [5.41, 5.74) is 2.54. The van der Waals surface area contributed by atoms with Crippen molar-refractivity contribution in [3.63, 3.8) is 0 Å². The first-order chi connectivity index (χ1) is 10.8. The van der Waals surface area contributed by atoms with Gasteiger partial charge in [0.15, 0.2) is 0 Å². The van der Waals surface area contributed by atoms with Crippen LogP contribution in [0.15, 0.2) is 48.5 Å². The molecule has 0 radical (unpaired) electrons. The molecule has 0 spiro atoms. The van der Waals surface area contributed by atoms with Crippen LogP contribution >= 0.6 is 0 Å². The second-order valence-corrected chi connectivity index (χ2v) is 5.25. The summed E-state index contributed by atoms with van der Waals surface area (Å²) in [4.78, 5) is 0. The topological polar surface area (TPSA) is 30.5 Å². The van der Waals surface area contributed by atoms with Crippen LogP contribution in [0.5, 0.6) is 11.5 Å². The highest BCUT2D eigenvalue weighted by molar-refractivity contribution is 5.44. The molecule has 0 saturated heterocycles. The molecule has 118 valence electrons. The number of aryl methyl sites for hydroxylation is 1. The largest absolute Gasteiger partial charge is 0.497 e. The van der Waals surface area contributed by atoms with Crippen molar-refractivity contribution in [2.75, 3.05) is 25.6 Å². The van der Waals surface area contributed by atoms with E-state index in [4.69, 9.17) is 9.47 Å². The van der Waals surface area contributed by atoms with Crippen molar-refractivity contribution in [2.45, 2.75) is 26.2 Å². The quantitative estimate of drug-likeness (QED) is 0.690. The monoisotopic (exact) mass is 299 g/mol. The molecule has 1 N–H and O–H groups in total. The van der Waals surface area contributed by atoms with Crippen LogP contribution in [0, 0.1) is 0 Å². The van der Waals surface area contributed by atoms with Gasteiger partial charge < -0.3 is 14.8 Å². The van der Waals surface area contributed by atoms with Gasteiger partial charge in [-0.15, -0.1) is 0 Å². The van der Waals surface area contributed by atoms with Crippen molar-refractivity contribution in [2.24, 2.45) is 0 Å². The van der Waals surface area contributed by atoms with E-state index in [0.717, 1.165) is 30.2 Å². The average Bonchev–Trinajstić information content (AvgIpc) is 2.58. The van der Waals surface area contributed by atoms with Crippen LogP contribution in [-0.4, -0.2) is 20.3 Å². The number of unbranched alkanes of at least 4 members (excludes halogenated alkanes) is 1. The predicted octanol–water partition coefficient (Wildman–Crippen LogP) is 4.53. The highest BCUT2D eigenvalue weighted by atomic mass is 16.5. The van der Waals surface area contributed by atoms with E-state index in [1.807, 2.05) is 24.3 Å². The number of rotatable bonds is 9. The summed E-state index contributed by atoms with van der Waals surface area (Å²) in [6.07, 6.45) is 3.66. The molecule has 0 atom stereocenters. The predicted molar refractivity (Wildman–Crippen MR) is 92.0 cm³/mol. The van der Waals surface area contributed by atoms with Gasteiger partial charge >= 0.3 is 0 Å². The Morgan fingerprint density at radius 2 is 1.59 bits per heavy atom. The van der Waals surface area contributed by atoms with Crippen molar-refractivity contribution >= 4 is 5.69 Å². The van der Waals surface area contributed by atoms with Gasteiger partial charge in [0.2, 0.25) is 0 Å². The molecule has 2 aromatic carbocycles. The summed E-state index contributed by atoms with van der Waals surface area (Å²) in [7, 11) is 1.66. The summed E-state index contributed by atoms with van der Waals surface area (Å²) in [5.74, 6) is 1.70. The number of methoxy groups -OCH3 is 1. The van der Waals surface area contributed by atoms with E-state index in [2.05, 4.69) is 36.5 Å². The van der Waals surface area contributed by atoms with Crippen LogP contribution in [0.3, 0.4) is 0 Å².